The van der Waals surface area contributed by atoms with E-state index in [0.717, 1.165) is 70.7 Å². The van der Waals surface area contributed by atoms with E-state index in [1.807, 2.05) is 41.9 Å². The molecule has 146 valence electrons. The number of hydrogen-bond donors (Lipinski definition) is 1. The molecule has 0 atom stereocenters. The molecule has 28 heavy (non-hydrogen) atoms. The Morgan fingerprint density at radius 1 is 1.07 bits per heavy atom. The van der Waals surface area contributed by atoms with Crippen molar-refractivity contribution in [3.63, 3.8) is 0 Å². The molecule has 6 heteroatoms. The third-order valence-electron chi connectivity index (χ3n) is 5.22. The first kappa shape index (κ1) is 18.7. The van der Waals surface area contributed by atoms with Crippen molar-refractivity contribution in [2.24, 2.45) is 0 Å². The van der Waals surface area contributed by atoms with Gasteiger partial charge in [0.15, 0.2) is 0 Å². The van der Waals surface area contributed by atoms with Crippen LogP contribution in [-0.2, 0) is 6.42 Å². The highest BCUT2D eigenvalue weighted by atomic mass is 35.5. The average molecular weight is 398 g/mol. The molecule has 0 amide bonds. The van der Waals surface area contributed by atoms with Gasteiger partial charge in [0.05, 0.1) is 25.6 Å². The number of hydrogen-bond acceptors (Lipinski definition) is 4. The second-order valence-electron chi connectivity index (χ2n) is 6.96. The van der Waals surface area contributed by atoms with Crippen LogP contribution in [-0.4, -0.2) is 30.5 Å². The lowest BCUT2D eigenvalue weighted by Gasteiger charge is -2.12. The first-order valence-corrected chi connectivity index (χ1v) is 9.85. The van der Waals surface area contributed by atoms with Gasteiger partial charge in [0.25, 0.3) is 0 Å². The standard InChI is InChI=1S/C22H24ClN3O2/c1-14-19(23)8-6-9-20(14)26-22-18(7-4-5-10-24-22)21(25-26)15-11-16(27-2)13-17(12-15)28-3/h6,8-9,11-13,24H,4-5,7,10H2,1-3H3. The Morgan fingerprint density at radius 3 is 2.54 bits per heavy atom. The topological polar surface area (TPSA) is 48.3 Å². The summed E-state index contributed by atoms with van der Waals surface area (Å²) in [7, 11) is 3.32. The van der Waals surface area contributed by atoms with Crippen molar-refractivity contribution in [3.8, 4) is 28.4 Å². The second-order valence-corrected chi connectivity index (χ2v) is 7.36. The summed E-state index contributed by atoms with van der Waals surface area (Å²) in [5.41, 5.74) is 5.14. The van der Waals surface area contributed by atoms with E-state index >= 15 is 0 Å². The van der Waals surface area contributed by atoms with Crippen molar-refractivity contribution >= 4 is 17.4 Å². The molecule has 0 saturated carbocycles. The molecule has 1 aliphatic heterocycles. The predicted octanol–water partition coefficient (Wildman–Crippen LogP) is 5.27. The summed E-state index contributed by atoms with van der Waals surface area (Å²) in [6.45, 7) is 2.95. The summed E-state index contributed by atoms with van der Waals surface area (Å²) in [6.07, 6.45) is 3.22. The number of anilines is 1. The lowest BCUT2D eigenvalue weighted by molar-refractivity contribution is 0.394. The molecule has 3 aromatic rings. The van der Waals surface area contributed by atoms with Crippen LogP contribution in [0.3, 0.4) is 0 Å². The predicted molar refractivity (Wildman–Crippen MR) is 113 cm³/mol. The highest BCUT2D eigenvalue weighted by Crippen LogP contribution is 2.38. The second kappa shape index (κ2) is 7.76. The molecular formula is C22H24ClN3O2. The molecule has 0 bridgehead atoms. The average Bonchev–Trinajstić information content (AvgIpc) is 2.90. The summed E-state index contributed by atoms with van der Waals surface area (Å²) in [5, 5.41) is 9.33. The molecule has 2 aromatic carbocycles. The number of halogens is 1. The van der Waals surface area contributed by atoms with Crippen LogP contribution in [0.2, 0.25) is 5.02 Å². The van der Waals surface area contributed by atoms with Gasteiger partial charge in [-0.15, -0.1) is 0 Å². The third-order valence-corrected chi connectivity index (χ3v) is 5.63. The Hall–Kier alpha value is -2.66. The zero-order valence-electron chi connectivity index (χ0n) is 16.4. The largest absolute Gasteiger partial charge is 0.497 e. The van der Waals surface area contributed by atoms with E-state index in [1.54, 1.807) is 14.2 Å². The number of fused-ring (bicyclic) bond motifs is 1. The van der Waals surface area contributed by atoms with Crippen LogP contribution in [0.4, 0.5) is 5.82 Å². The van der Waals surface area contributed by atoms with Gasteiger partial charge in [-0.05, 0) is 56.0 Å². The van der Waals surface area contributed by atoms with Gasteiger partial charge in [-0.25, -0.2) is 4.68 Å². The molecule has 4 rings (SSSR count). The zero-order valence-corrected chi connectivity index (χ0v) is 17.1. The van der Waals surface area contributed by atoms with Gasteiger partial charge in [-0.1, -0.05) is 17.7 Å². The molecule has 0 radical (unpaired) electrons. The smallest absolute Gasteiger partial charge is 0.133 e. The van der Waals surface area contributed by atoms with Crippen LogP contribution in [0.15, 0.2) is 36.4 Å². The lowest BCUT2D eigenvalue weighted by atomic mass is 10.0. The molecule has 2 heterocycles. The van der Waals surface area contributed by atoms with Gasteiger partial charge in [0.2, 0.25) is 0 Å². The monoisotopic (exact) mass is 397 g/mol. The van der Waals surface area contributed by atoms with Crippen molar-refractivity contribution in [2.75, 3.05) is 26.1 Å². The van der Waals surface area contributed by atoms with E-state index in [-0.39, 0.29) is 0 Å². The van der Waals surface area contributed by atoms with E-state index in [2.05, 4.69) is 11.4 Å². The maximum Gasteiger partial charge on any atom is 0.133 e. The van der Waals surface area contributed by atoms with Gasteiger partial charge < -0.3 is 14.8 Å². The Bertz CT molecular complexity index is 991. The number of rotatable bonds is 4. The molecule has 0 aliphatic carbocycles. The Labute approximate surface area is 170 Å². The van der Waals surface area contributed by atoms with Gasteiger partial charge in [0, 0.05) is 28.8 Å². The fourth-order valence-electron chi connectivity index (χ4n) is 3.68. The Kier molecular flexibility index (Phi) is 5.18. The highest BCUT2D eigenvalue weighted by molar-refractivity contribution is 6.31. The van der Waals surface area contributed by atoms with E-state index < -0.39 is 0 Å². The summed E-state index contributed by atoms with van der Waals surface area (Å²) >= 11 is 6.39. The Balaban J connectivity index is 1.94. The van der Waals surface area contributed by atoms with Crippen LogP contribution < -0.4 is 14.8 Å². The summed E-state index contributed by atoms with van der Waals surface area (Å²) in [6, 6.07) is 11.8. The van der Waals surface area contributed by atoms with E-state index in [1.165, 1.54) is 5.56 Å². The fraction of sp³-hybridized carbons (Fsp3) is 0.318. The normalized spacial score (nSPS) is 13.4. The molecule has 0 fully saturated rings. The van der Waals surface area contributed by atoms with Crippen molar-refractivity contribution in [2.45, 2.75) is 26.2 Å². The van der Waals surface area contributed by atoms with Crippen molar-refractivity contribution < 1.29 is 9.47 Å². The number of nitrogens with one attached hydrogen (secondary N) is 1. The minimum Gasteiger partial charge on any atom is -0.497 e. The minimum absolute atomic E-state index is 0.736. The van der Waals surface area contributed by atoms with Crippen molar-refractivity contribution in [1.82, 2.24) is 9.78 Å². The number of benzene rings is 2. The zero-order chi connectivity index (χ0) is 19.7. The number of nitrogens with zero attached hydrogens (tertiary/aromatic N) is 2. The number of ether oxygens (including phenoxy) is 2. The SMILES string of the molecule is COc1cc(OC)cc(-c2nn(-c3cccc(Cl)c3C)c3c2CCCCN3)c1. The van der Waals surface area contributed by atoms with Crippen molar-refractivity contribution in [3.05, 3.63) is 52.5 Å². The Morgan fingerprint density at radius 2 is 1.82 bits per heavy atom. The molecule has 0 saturated heterocycles. The maximum atomic E-state index is 6.39. The maximum absolute atomic E-state index is 6.39. The minimum atomic E-state index is 0.736. The molecule has 0 spiro atoms. The summed E-state index contributed by atoms with van der Waals surface area (Å²) in [5.74, 6) is 2.54. The molecule has 1 aromatic heterocycles. The molecule has 1 aliphatic rings. The van der Waals surface area contributed by atoms with Crippen LogP contribution in [0.5, 0.6) is 11.5 Å². The van der Waals surface area contributed by atoms with E-state index in [9.17, 15) is 0 Å². The van der Waals surface area contributed by atoms with E-state index in [0.29, 0.717) is 0 Å². The quantitative estimate of drug-likeness (QED) is 0.651. The summed E-state index contributed by atoms with van der Waals surface area (Å²) < 4.78 is 12.9. The highest BCUT2D eigenvalue weighted by Gasteiger charge is 2.23. The van der Waals surface area contributed by atoms with Crippen LogP contribution in [0.1, 0.15) is 24.0 Å². The van der Waals surface area contributed by atoms with Crippen LogP contribution in [0.25, 0.3) is 16.9 Å². The lowest BCUT2D eigenvalue weighted by Crippen LogP contribution is -2.08. The molecule has 5 nitrogen and oxygen atoms in total. The molecule has 1 N–H and O–H groups in total. The number of aromatic nitrogens is 2. The molecule has 0 unspecified atom stereocenters. The molecular weight excluding hydrogens is 374 g/mol. The van der Waals surface area contributed by atoms with Gasteiger partial charge in [0.1, 0.15) is 17.3 Å². The van der Waals surface area contributed by atoms with Crippen LogP contribution >= 0.6 is 11.6 Å². The number of methoxy groups -OCH3 is 2. The third kappa shape index (κ3) is 3.31. The van der Waals surface area contributed by atoms with E-state index in [4.69, 9.17) is 26.2 Å². The summed E-state index contributed by atoms with van der Waals surface area (Å²) in [4.78, 5) is 0. The van der Waals surface area contributed by atoms with Crippen LogP contribution in [0, 0.1) is 6.92 Å². The van der Waals surface area contributed by atoms with Gasteiger partial charge in [-0.3, -0.25) is 0 Å². The van der Waals surface area contributed by atoms with Gasteiger partial charge >= 0.3 is 0 Å². The first-order chi connectivity index (χ1) is 13.6. The first-order valence-electron chi connectivity index (χ1n) is 9.47. The van der Waals surface area contributed by atoms with Gasteiger partial charge in [-0.2, -0.15) is 5.10 Å². The van der Waals surface area contributed by atoms with Crippen molar-refractivity contribution in [1.29, 1.82) is 0 Å². The fourth-order valence-corrected chi connectivity index (χ4v) is 3.85.